The second kappa shape index (κ2) is 9.90. The molecule has 2 N–H and O–H groups in total. The van der Waals surface area contributed by atoms with Crippen molar-refractivity contribution in [2.75, 3.05) is 25.5 Å². The number of halogens is 4. The second-order valence-corrected chi connectivity index (χ2v) is 13.2. The lowest BCUT2D eigenvalue weighted by atomic mass is 10.1. The molecule has 1 fully saturated rings. The number of hydrogen-bond donors (Lipinski definition) is 1. The van der Waals surface area contributed by atoms with Crippen molar-refractivity contribution in [3.05, 3.63) is 64.0 Å². The molecule has 1 amide bonds. The summed E-state index contributed by atoms with van der Waals surface area (Å²) in [5.41, 5.74) is 6.27. The van der Waals surface area contributed by atoms with E-state index in [0.29, 0.717) is 39.8 Å². The predicted molar refractivity (Wildman–Crippen MR) is 137 cm³/mol. The van der Waals surface area contributed by atoms with Gasteiger partial charge in [-0.15, -0.1) is 11.3 Å². The van der Waals surface area contributed by atoms with Crippen LogP contribution in [-0.2, 0) is 27.5 Å². The molecular formula is C24H25ClF3N4O3S2+. The van der Waals surface area contributed by atoms with Crippen molar-refractivity contribution in [3.63, 3.8) is 0 Å². The average Bonchev–Trinajstić information content (AvgIpc) is 3.46. The quantitative estimate of drug-likeness (QED) is 0.406. The van der Waals surface area contributed by atoms with Crippen molar-refractivity contribution in [2.45, 2.75) is 35.8 Å². The Labute approximate surface area is 221 Å². The van der Waals surface area contributed by atoms with Crippen LogP contribution in [0.15, 0.2) is 52.7 Å². The minimum Gasteiger partial charge on any atom is -0.364 e. The number of primary amides is 1. The highest BCUT2D eigenvalue weighted by Crippen LogP contribution is 2.41. The van der Waals surface area contributed by atoms with Crippen molar-refractivity contribution in [1.82, 2.24) is 4.98 Å². The molecule has 3 heterocycles. The maximum Gasteiger partial charge on any atom is 0.416 e. The van der Waals surface area contributed by atoms with Crippen molar-refractivity contribution >= 4 is 44.7 Å². The van der Waals surface area contributed by atoms with E-state index in [9.17, 15) is 26.4 Å². The average molecular weight is 574 g/mol. The monoisotopic (exact) mass is 573 g/mol. The van der Waals surface area contributed by atoms with E-state index in [2.05, 4.69) is 4.98 Å². The summed E-state index contributed by atoms with van der Waals surface area (Å²) in [6, 6.07) is 9.88. The molecule has 1 unspecified atom stereocenters. The van der Waals surface area contributed by atoms with Crippen LogP contribution in [0.4, 0.5) is 19.0 Å². The van der Waals surface area contributed by atoms with Gasteiger partial charge in [-0.25, -0.2) is 4.98 Å². The molecule has 2 atom stereocenters. The Morgan fingerprint density at radius 3 is 2.41 bits per heavy atom. The first-order valence-corrected chi connectivity index (χ1v) is 13.9. The van der Waals surface area contributed by atoms with E-state index in [1.165, 1.54) is 24.3 Å². The van der Waals surface area contributed by atoms with Crippen LogP contribution >= 0.6 is 22.9 Å². The number of benzene rings is 1. The zero-order valence-corrected chi connectivity index (χ0v) is 22.4. The van der Waals surface area contributed by atoms with Crippen LogP contribution in [0.1, 0.15) is 24.0 Å². The Morgan fingerprint density at radius 1 is 1.19 bits per heavy atom. The molecule has 0 radical (unpaired) electrons. The highest BCUT2D eigenvalue weighted by Gasteiger charge is 2.55. The number of thiophene rings is 1. The van der Waals surface area contributed by atoms with Crippen molar-refractivity contribution in [2.24, 2.45) is 5.73 Å². The summed E-state index contributed by atoms with van der Waals surface area (Å²) in [5, 5.41) is 0. The fourth-order valence-corrected chi connectivity index (χ4v) is 8.55. The van der Waals surface area contributed by atoms with Crippen molar-refractivity contribution < 1.29 is 30.3 Å². The summed E-state index contributed by atoms with van der Waals surface area (Å²) in [4.78, 5) is 18.7. The Kier molecular flexibility index (Phi) is 7.32. The minimum absolute atomic E-state index is 0.0375. The molecule has 7 nitrogen and oxygen atoms in total. The van der Waals surface area contributed by atoms with E-state index in [-0.39, 0.29) is 17.3 Å². The maximum atomic E-state index is 14.0. The Bertz CT molecular complexity index is 1430. The molecule has 1 aliphatic rings. The van der Waals surface area contributed by atoms with E-state index in [4.69, 9.17) is 17.3 Å². The number of nitrogens with two attached hydrogens (primary N) is 1. The molecule has 13 heteroatoms. The van der Waals surface area contributed by atoms with E-state index in [1.54, 1.807) is 31.1 Å². The molecule has 1 saturated heterocycles. The molecule has 3 aromatic rings. The van der Waals surface area contributed by atoms with Crippen LogP contribution in [-0.4, -0.2) is 49.9 Å². The van der Waals surface area contributed by atoms with Crippen LogP contribution in [0, 0.1) is 0 Å². The number of carbonyl (C=O) groups excluding carboxylic acids is 1. The number of pyridine rings is 1. The van der Waals surface area contributed by atoms with Crippen molar-refractivity contribution in [3.8, 4) is 11.3 Å². The molecule has 2 aromatic heterocycles. The molecule has 198 valence electrons. The maximum absolute atomic E-state index is 14.0. The number of amides is 1. The molecule has 0 bridgehead atoms. The fraction of sp³-hybridized carbons (Fsp3) is 0.333. The SMILES string of the molecule is CN(C)c1cc(C[N+]2(S(=O)(=O)c3ccc(Cl)s3)CCC[C@H]2C(N)=O)cc(-c2ccc(C(F)(F)F)cc2)n1. The highest BCUT2D eigenvalue weighted by atomic mass is 35.5. The lowest BCUT2D eigenvalue weighted by Gasteiger charge is -2.36. The van der Waals surface area contributed by atoms with Gasteiger partial charge in [0.2, 0.25) is 0 Å². The summed E-state index contributed by atoms with van der Waals surface area (Å²) in [6.07, 6.45) is -3.69. The van der Waals surface area contributed by atoms with Crippen LogP contribution in [0.3, 0.4) is 0 Å². The van der Waals surface area contributed by atoms with E-state index in [1.807, 2.05) is 0 Å². The van der Waals surface area contributed by atoms with Gasteiger partial charge in [-0.3, -0.25) is 4.79 Å². The molecular weight excluding hydrogens is 549 g/mol. The van der Waals surface area contributed by atoms with Gasteiger partial charge in [-0.1, -0.05) is 23.7 Å². The van der Waals surface area contributed by atoms with Crippen LogP contribution < -0.4 is 10.6 Å². The number of nitrogens with zero attached hydrogens (tertiary/aromatic N) is 3. The normalized spacial score (nSPS) is 20.2. The van der Waals surface area contributed by atoms with Gasteiger partial charge in [0.15, 0.2) is 10.3 Å². The van der Waals surface area contributed by atoms with Gasteiger partial charge in [-0.2, -0.15) is 25.5 Å². The van der Waals surface area contributed by atoms with Crippen LogP contribution in [0.2, 0.25) is 4.34 Å². The number of carbonyl (C=O) groups is 1. The zero-order valence-electron chi connectivity index (χ0n) is 20.0. The molecule has 37 heavy (non-hydrogen) atoms. The van der Waals surface area contributed by atoms with Gasteiger partial charge in [0.1, 0.15) is 12.4 Å². The molecule has 0 saturated carbocycles. The minimum atomic E-state index is -4.47. The molecule has 4 rings (SSSR count). The largest absolute Gasteiger partial charge is 0.416 e. The smallest absolute Gasteiger partial charge is 0.364 e. The Balaban J connectivity index is 1.84. The Morgan fingerprint density at radius 2 is 1.86 bits per heavy atom. The van der Waals surface area contributed by atoms with Gasteiger partial charge < -0.3 is 10.6 Å². The highest BCUT2D eigenvalue weighted by molar-refractivity contribution is 7.88. The summed E-state index contributed by atoms with van der Waals surface area (Å²) in [6.45, 7) is 0.0865. The summed E-state index contributed by atoms with van der Waals surface area (Å²) >= 11 is 6.95. The second-order valence-electron chi connectivity index (χ2n) is 9.12. The number of anilines is 1. The third-order valence-corrected chi connectivity index (χ3v) is 10.6. The van der Waals surface area contributed by atoms with Crippen LogP contribution in [0.5, 0.6) is 0 Å². The number of alkyl halides is 3. The molecule has 1 aliphatic heterocycles. The van der Waals surface area contributed by atoms with E-state index in [0.717, 1.165) is 23.5 Å². The lowest BCUT2D eigenvalue weighted by molar-refractivity contribution is -0.823. The lowest BCUT2D eigenvalue weighted by Crippen LogP contribution is -2.59. The van der Waals surface area contributed by atoms with Crippen molar-refractivity contribution in [1.29, 1.82) is 0 Å². The van der Waals surface area contributed by atoms with Gasteiger partial charge in [0, 0.05) is 38.1 Å². The van der Waals surface area contributed by atoms with Gasteiger partial charge >= 0.3 is 16.2 Å². The van der Waals surface area contributed by atoms with Crippen LogP contribution in [0.25, 0.3) is 11.3 Å². The standard InChI is InChI=1S/C24H24ClF3N4O3S2/c1-31(2)21-13-15(12-18(30-21)16-5-7-17(8-6-16)24(26,27)28)14-32(11-3-4-19(32)23(29)33)37(34,35)22-10-9-20(25)36-22/h5-10,12-13,19H,3-4,11,14H2,1-2H3,(H-,29,33)/p+1/t19-,32?/m0/s1. The first-order valence-electron chi connectivity index (χ1n) is 11.3. The third kappa shape index (κ3) is 5.20. The van der Waals surface area contributed by atoms with E-state index < -0.39 is 37.6 Å². The Hall–Kier alpha value is -2.67. The first kappa shape index (κ1) is 27.4. The van der Waals surface area contributed by atoms with Gasteiger partial charge in [-0.05, 0) is 36.4 Å². The summed E-state index contributed by atoms with van der Waals surface area (Å²) in [5.74, 6) is -0.231. The van der Waals surface area contributed by atoms with Gasteiger partial charge in [0.25, 0.3) is 5.91 Å². The predicted octanol–water partition coefficient (Wildman–Crippen LogP) is 4.90. The first-order chi connectivity index (χ1) is 17.2. The zero-order chi connectivity index (χ0) is 27.2. The number of quaternary nitrogens is 1. The fourth-order valence-electron chi connectivity index (χ4n) is 4.67. The molecule has 0 aliphatic carbocycles. The molecule has 1 aromatic carbocycles. The number of sulfonamides is 1. The third-order valence-electron chi connectivity index (χ3n) is 6.48. The van der Waals surface area contributed by atoms with E-state index >= 15 is 0 Å². The topological polar surface area (TPSA) is 93.4 Å². The summed E-state index contributed by atoms with van der Waals surface area (Å²) < 4.78 is 66.9. The van der Waals surface area contributed by atoms with Gasteiger partial charge in [0.05, 0.1) is 22.1 Å². The summed E-state index contributed by atoms with van der Waals surface area (Å²) in [7, 11) is -0.594. The molecule has 0 spiro atoms. The number of hydrogen-bond acceptors (Lipinski definition) is 6. The number of rotatable bonds is 7. The number of likely N-dealkylation sites (tertiary alicyclic amines) is 1. The number of aromatic nitrogens is 1.